The van der Waals surface area contributed by atoms with E-state index in [1.807, 2.05) is 31.2 Å². The maximum absolute atomic E-state index is 12.3. The normalized spacial score (nSPS) is 11.5. The lowest BCUT2D eigenvalue weighted by Gasteiger charge is -2.18. The number of rotatable bonds is 6. The third-order valence-electron chi connectivity index (χ3n) is 3.62. The molecule has 0 fully saturated rings. The van der Waals surface area contributed by atoms with E-state index >= 15 is 0 Å². The van der Waals surface area contributed by atoms with Crippen molar-refractivity contribution in [3.05, 3.63) is 59.7 Å². The standard InChI is InChI=1S/C19H22N2O3/c1-13-4-6-15(7-5-13)18(20-14(2)22)12-19(23)21-16-8-10-17(24-3)11-9-16/h4-11,18H,12H2,1-3H3,(H,20,22)(H,21,23). The van der Waals surface area contributed by atoms with Gasteiger partial charge in [-0.3, -0.25) is 9.59 Å². The van der Waals surface area contributed by atoms with Gasteiger partial charge < -0.3 is 15.4 Å². The molecule has 5 nitrogen and oxygen atoms in total. The van der Waals surface area contributed by atoms with E-state index in [4.69, 9.17) is 4.74 Å². The van der Waals surface area contributed by atoms with Crippen LogP contribution in [-0.2, 0) is 9.59 Å². The van der Waals surface area contributed by atoms with Gasteiger partial charge in [-0.1, -0.05) is 29.8 Å². The third-order valence-corrected chi connectivity index (χ3v) is 3.62. The molecule has 1 atom stereocenters. The third kappa shape index (κ3) is 5.12. The van der Waals surface area contributed by atoms with Crippen molar-refractivity contribution < 1.29 is 14.3 Å². The van der Waals surface area contributed by atoms with Gasteiger partial charge in [-0.15, -0.1) is 0 Å². The summed E-state index contributed by atoms with van der Waals surface area (Å²) in [6, 6.07) is 14.5. The van der Waals surface area contributed by atoms with Gasteiger partial charge in [-0.2, -0.15) is 0 Å². The van der Waals surface area contributed by atoms with Crippen LogP contribution in [0.3, 0.4) is 0 Å². The first kappa shape index (κ1) is 17.5. The molecule has 2 N–H and O–H groups in total. The average molecular weight is 326 g/mol. The second-order valence-electron chi connectivity index (χ2n) is 5.64. The Morgan fingerprint density at radius 1 is 1.04 bits per heavy atom. The second kappa shape index (κ2) is 8.15. The highest BCUT2D eigenvalue weighted by Gasteiger charge is 2.17. The number of aryl methyl sites for hydroxylation is 1. The van der Waals surface area contributed by atoms with E-state index in [1.54, 1.807) is 31.4 Å². The van der Waals surface area contributed by atoms with Crippen LogP contribution in [0.25, 0.3) is 0 Å². The van der Waals surface area contributed by atoms with E-state index < -0.39 is 0 Å². The molecule has 0 spiro atoms. The lowest BCUT2D eigenvalue weighted by molar-refractivity contribution is -0.120. The van der Waals surface area contributed by atoms with Crippen molar-refractivity contribution in [2.24, 2.45) is 0 Å². The van der Waals surface area contributed by atoms with Crippen LogP contribution in [-0.4, -0.2) is 18.9 Å². The Morgan fingerprint density at radius 2 is 1.67 bits per heavy atom. The molecule has 0 aliphatic carbocycles. The predicted octanol–water partition coefficient (Wildman–Crippen LogP) is 3.21. The van der Waals surface area contributed by atoms with Gasteiger partial charge >= 0.3 is 0 Å². The quantitative estimate of drug-likeness (QED) is 0.856. The molecule has 0 saturated heterocycles. The zero-order chi connectivity index (χ0) is 17.5. The molecule has 0 aromatic heterocycles. The largest absolute Gasteiger partial charge is 0.497 e. The van der Waals surface area contributed by atoms with Gasteiger partial charge in [0.1, 0.15) is 5.75 Å². The van der Waals surface area contributed by atoms with Gasteiger partial charge in [-0.25, -0.2) is 0 Å². The zero-order valence-electron chi connectivity index (χ0n) is 14.1. The SMILES string of the molecule is COc1ccc(NC(=O)CC(NC(C)=O)c2ccc(C)cc2)cc1. The van der Waals surface area contributed by atoms with Crippen LogP contribution in [0.15, 0.2) is 48.5 Å². The lowest BCUT2D eigenvalue weighted by Crippen LogP contribution is -2.29. The molecule has 2 amide bonds. The number of ether oxygens (including phenoxy) is 1. The fourth-order valence-electron chi connectivity index (χ4n) is 2.37. The predicted molar refractivity (Wildman–Crippen MR) is 94.0 cm³/mol. The number of benzene rings is 2. The lowest BCUT2D eigenvalue weighted by atomic mass is 10.0. The molecular weight excluding hydrogens is 304 g/mol. The first-order valence-electron chi connectivity index (χ1n) is 7.75. The molecule has 5 heteroatoms. The number of carbonyl (C=O) groups excluding carboxylic acids is 2. The minimum Gasteiger partial charge on any atom is -0.497 e. The summed E-state index contributed by atoms with van der Waals surface area (Å²) < 4.78 is 5.09. The minimum atomic E-state index is -0.360. The summed E-state index contributed by atoms with van der Waals surface area (Å²) in [5.74, 6) is 0.390. The molecule has 126 valence electrons. The summed E-state index contributed by atoms with van der Waals surface area (Å²) in [4.78, 5) is 23.8. The smallest absolute Gasteiger partial charge is 0.226 e. The van der Waals surface area contributed by atoms with Crippen molar-refractivity contribution in [1.82, 2.24) is 5.32 Å². The molecule has 2 aromatic carbocycles. The van der Waals surface area contributed by atoms with Crippen molar-refractivity contribution in [3.63, 3.8) is 0 Å². The molecule has 0 aliphatic heterocycles. The minimum absolute atomic E-state index is 0.161. The number of hydrogen-bond acceptors (Lipinski definition) is 3. The van der Waals surface area contributed by atoms with Crippen LogP contribution in [0.2, 0.25) is 0 Å². The molecule has 0 saturated carbocycles. The van der Waals surface area contributed by atoms with E-state index in [0.717, 1.165) is 16.9 Å². The highest BCUT2D eigenvalue weighted by Crippen LogP contribution is 2.20. The van der Waals surface area contributed by atoms with Crippen molar-refractivity contribution in [2.75, 3.05) is 12.4 Å². The molecule has 0 bridgehead atoms. The van der Waals surface area contributed by atoms with Gasteiger partial charge in [0.05, 0.1) is 19.6 Å². The Hall–Kier alpha value is -2.82. The number of nitrogens with one attached hydrogen (secondary N) is 2. The first-order chi connectivity index (χ1) is 11.5. The summed E-state index contributed by atoms with van der Waals surface area (Å²) in [6.45, 7) is 3.44. The zero-order valence-corrected chi connectivity index (χ0v) is 14.1. The molecule has 2 aromatic rings. The summed E-state index contributed by atoms with van der Waals surface area (Å²) in [5, 5.41) is 5.66. The van der Waals surface area contributed by atoms with Crippen LogP contribution in [0, 0.1) is 6.92 Å². The van der Waals surface area contributed by atoms with Crippen molar-refractivity contribution in [2.45, 2.75) is 26.3 Å². The highest BCUT2D eigenvalue weighted by molar-refractivity contribution is 5.91. The fraction of sp³-hybridized carbons (Fsp3) is 0.263. The van der Waals surface area contributed by atoms with Crippen LogP contribution >= 0.6 is 0 Å². The van der Waals surface area contributed by atoms with E-state index in [1.165, 1.54) is 6.92 Å². The Balaban J connectivity index is 2.05. The number of carbonyl (C=O) groups is 2. The van der Waals surface area contributed by atoms with Gasteiger partial charge in [-0.05, 0) is 36.8 Å². The van der Waals surface area contributed by atoms with Crippen LogP contribution in [0.5, 0.6) is 5.75 Å². The van der Waals surface area contributed by atoms with Crippen LogP contribution in [0.4, 0.5) is 5.69 Å². The molecule has 0 radical (unpaired) electrons. The maximum atomic E-state index is 12.3. The molecule has 0 aliphatic rings. The van der Waals surface area contributed by atoms with Crippen molar-refractivity contribution >= 4 is 17.5 Å². The number of methoxy groups -OCH3 is 1. The molecular formula is C19H22N2O3. The summed E-state index contributed by atoms with van der Waals surface area (Å²) >= 11 is 0. The van der Waals surface area contributed by atoms with Gasteiger partial charge in [0, 0.05) is 12.6 Å². The van der Waals surface area contributed by atoms with E-state index in [-0.39, 0.29) is 24.3 Å². The number of anilines is 1. The van der Waals surface area contributed by atoms with Crippen LogP contribution < -0.4 is 15.4 Å². The topological polar surface area (TPSA) is 67.4 Å². The maximum Gasteiger partial charge on any atom is 0.226 e. The Morgan fingerprint density at radius 3 is 2.21 bits per heavy atom. The summed E-state index contributed by atoms with van der Waals surface area (Å²) in [7, 11) is 1.59. The Labute approximate surface area is 142 Å². The van der Waals surface area contributed by atoms with Crippen LogP contribution in [0.1, 0.15) is 30.5 Å². The monoisotopic (exact) mass is 326 g/mol. The van der Waals surface area contributed by atoms with Crippen molar-refractivity contribution in [3.8, 4) is 5.75 Å². The summed E-state index contributed by atoms with van der Waals surface area (Å²) in [5.41, 5.74) is 2.72. The van der Waals surface area contributed by atoms with Crippen molar-refractivity contribution in [1.29, 1.82) is 0 Å². The van der Waals surface area contributed by atoms with Gasteiger partial charge in [0.25, 0.3) is 0 Å². The molecule has 1 unspecified atom stereocenters. The molecule has 2 rings (SSSR count). The highest BCUT2D eigenvalue weighted by atomic mass is 16.5. The second-order valence-corrected chi connectivity index (χ2v) is 5.64. The Kier molecular flexibility index (Phi) is 5.95. The average Bonchev–Trinajstić information content (AvgIpc) is 2.55. The number of amides is 2. The Bertz CT molecular complexity index is 694. The van der Waals surface area contributed by atoms with E-state index in [9.17, 15) is 9.59 Å². The molecule has 0 heterocycles. The number of hydrogen-bond donors (Lipinski definition) is 2. The van der Waals surface area contributed by atoms with Gasteiger partial charge in [0.15, 0.2) is 0 Å². The van der Waals surface area contributed by atoms with E-state index in [0.29, 0.717) is 5.69 Å². The summed E-state index contributed by atoms with van der Waals surface area (Å²) in [6.07, 6.45) is 0.161. The fourth-order valence-corrected chi connectivity index (χ4v) is 2.37. The first-order valence-corrected chi connectivity index (χ1v) is 7.75. The van der Waals surface area contributed by atoms with Gasteiger partial charge in [0.2, 0.25) is 11.8 Å². The molecule has 24 heavy (non-hydrogen) atoms. The van der Waals surface area contributed by atoms with E-state index in [2.05, 4.69) is 10.6 Å².